The number of methoxy groups -OCH3 is 1. The van der Waals surface area contributed by atoms with Crippen LogP contribution in [0.5, 0.6) is 11.5 Å². The molecule has 1 heterocycles. The lowest BCUT2D eigenvalue weighted by atomic mass is 9.90. The predicted octanol–water partition coefficient (Wildman–Crippen LogP) is 6.07. The number of rotatable bonds is 6. The standard InChI is InChI=1S/C28H25N3O2/c1-18-8-7-9-20(14-18)17-33-24-13-12-22(15-25(24)32-3)27-23(16-29)28(30)31-19(2)26(27)21-10-5-4-6-11-21/h4-15H,17H2,1-3H3,(H2,30,31). The third-order valence-corrected chi connectivity index (χ3v) is 5.51. The van der Waals surface area contributed by atoms with E-state index in [1.807, 2.05) is 67.6 Å². The van der Waals surface area contributed by atoms with Crippen LogP contribution in [-0.4, -0.2) is 12.1 Å². The molecule has 1 aromatic heterocycles. The summed E-state index contributed by atoms with van der Waals surface area (Å²) in [4.78, 5) is 4.44. The second kappa shape index (κ2) is 9.46. The van der Waals surface area contributed by atoms with Crippen molar-refractivity contribution in [1.29, 1.82) is 5.26 Å². The molecule has 3 aromatic carbocycles. The smallest absolute Gasteiger partial charge is 0.161 e. The van der Waals surface area contributed by atoms with E-state index in [2.05, 4.69) is 30.1 Å². The van der Waals surface area contributed by atoms with Gasteiger partial charge in [0, 0.05) is 16.8 Å². The first-order chi connectivity index (χ1) is 16.0. The number of aromatic nitrogens is 1. The first kappa shape index (κ1) is 21.9. The van der Waals surface area contributed by atoms with Crippen molar-refractivity contribution < 1.29 is 9.47 Å². The fourth-order valence-corrected chi connectivity index (χ4v) is 3.99. The Morgan fingerprint density at radius 1 is 0.879 bits per heavy atom. The van der Waals surface area contributed by atoms with Crippen molar-refractivity contribution in [1.82, 2.24) is 4.98 Å². The molecule has 0 saturated heterocycles. The van der Waals surface area contributed by atoms with Gasteiger partial charge >= 0.3 is 0 Å². The summed E-state index contributed by atoms with van der Waals surface area (Å²) in [6.07, 6.45) is 0. The maximum atomic E-state index is 9.91. The summed E-state index contributed by atoms with van der Waals surface area (Å²) in [5, 5.41) is 9.91. The molecule has 2 N–H and O–H groups in total. The first-order valence-electron chi connectivity index (χ1n) is 10.6. The van der Waals surface area contributed by atoms with Gasteiger partial charge in [-0.3, -0.25) is 0 Å². The minimum atomic E-state index is 0.212. The van der Waals surface area contributed by atoms with Crippen molar-refractivity contribution in [3.8, 4) is 39.8 Å². The van der Waals surface area contributed by atoms with E-state index in [1.54, 1.807) is 7.11 Å². The monoisotopic (exact) mass is 435 g/mol. The highest BCUT2D eigenvalue weighted by Crippen LogP contribution is 2.41. The third kappa shape index (κ3) is 4.51. The van der Waals surface area contributed by atoms with Crippen molar-refractivity contribution >= 4 is 5.82 Å². The number of aryl methyl sites for hydroxylation is 2. The molecule has 5 nitrogen and oxygen atoms in total. The summed E-state index contributed by atoms with van der Waals surface area (Å²) in [6.45, 7) is 4.38. The molecule has 0 radical (unpaired) electrons. The molecule has 4 rings (SSSR count). The van der Waals surface area contributed by atoms with E-state index >= 15 is 0 Å². The summed E-state index contributed by atoms with van der Waals surface area (Å²) in [6, 6.07) is 26.0. The molecule has 0 amide bonds. The first-order valence-corrected chi connectivity index (χ1v) is 10.6. The predicted molar refractivity (Wildman–Crippen MR) is 131 cm³/mol. The summed E-state index contributed by atoms with van der Waals surface area (Å²) in [5.41, 5.74) is 12.9. The van der Waals surface area contributed by atoms with Crippen LogP contribution in [0, 0.1) is 25.2 Å². The van der Waals surface area contributed by atoms with Crippen LogP contribution in [0.4, 0.5) is 5.82 Å². The van der Waals surface area contributed by atoms with Crippen molar-refractivity contribution in [2.75, 3.05) is 12.8 Å². The average Bonchev–Trinajstić information content (AvgIpc) is 2.83. The van der Waals surface area contributed by atoms with Crippen LogP contribution in [0.2, 0.25) is 0 Å². The zero-order valence-electron chi connectivity index (χ0n) is 18.9. The highest BCUT2D eigenvalue weighted by molar-refractivity contribution is 5.91. The lowest BCUT2D eigenvalue weighted by Crippen LogP contribution is -2.04. The Balaban J connectivity index is 1.80. The number of pyridine rings is 1. The minimum absolute atomic E-state index is 0.212. The van der Waals surface area contributed by atoms with Gasteiger partial charge in [-0.2, -0.15) is 5.26 Å². The zero-order valence-corrected chi connectivity index (χ0v) is 18.9. The molecule has 0 unspecified atom stereocenters. The van der Waals surface area contributed by atoms with Gasteiger partial charge in [-0.1, -0.05) is 66.2 Å². The van der Waals surface area contributed by atoms with Gasteiger partial charge in [-0.05, 0) is 42.7 Å². The van der Waals surface area contributed by atoms with Gasteiger partial charge < -0.3 is 15.2 Å². The molecule has 0 spiro atoms. The maximum Gasteiger partial charge on any atom is 0.161 e. The molecule has 0 aliphatic rings. The van der Waals surface area contributed by atoms with Crippen molar-refractivity contribution in [3.63, 3.8) is 0 Å². The molecule has 0 atom stereocenters. The van der Waals surface area contributed by atoms with Crippen LogP contribution in [0.1, 0.15) is 22.4 Å². The normalized spacial score (nSPS) is 10.5. The molecule has 5 heteroatoms. The van der Waals surface area contributed by atoms with Crippen LogP contribution in [-0.2, 0) is 6.61 Å². The lowest BCUT2D eigenvalue weighted by molar-refractivity contribution is 0.284. The summed E-state index contributed by atoms with van der Waals surface area (Å²) in [5.74, 6) is 1.42. The molecule has 164 valence electrons. The molecule has 33 heavy (non-hydrogen) atoms. The summed E-state index contributed by atoms with van der Waals surface area (Å²) in [7, 11) is 1.61. The molecule has 0 bridgehead atoms. The Labute approximate surface area is 194 Å². The highest BCUT2D eigenvalue weighted by atomic mass is 16.5. The average molecular weight is 436 g/mol. The molecular weight excluding hydrogens is 410 g/mol. The van der Waals surface area contributed by atoms with Crippen LogP contribution >= 0.6 is 0 Å². The number of nitrogens with zero attached hydrogens (tertiary/aromatic N) is 2. The van der Waals surface area contributed by atoms with Gasteiger partial charge in [0.05, 0.1) is 7.11 Å². The minimum Gasteiger partial charge on any atom is -0.493 e. The van der Waals surface area contributed by atoms with Crippen molar-refractivity contribution in [2.24, 2.45) is 0 Å². The van der Waals surface area contributed by atoms with Gasteiger partial charge in [-0.15, -0.1) is 0 Å². The Morgan fingerprint density at radius 3 is 2.36 bits per heavy atom. The Hall–Kier alpha value is -4.30. The number of ether oxygens (including phenoxy) is 2. The quantitative estimate of drug-likeness (QED) is 0.397. The van der Waals surface area contributed by atoms with Gasteiger partial charge in [0.2, 0.25) is 0 Å². The Kier molecular flexibility index (Phi) is 6.28. The number of anilines is 1. The van der Waals surface area contributed by atoms with E-state index in [4.69, 9.17) is 15.2 Å². The molecule has 0 aliphatic carbocycles. The van der Waals surface area contributed by atoms with E-state index in [9.17, 15) is 5.26 Å². The zero-order chi connectivity index (χ0) is 23.4. The van der Waals surface area contributed by atoms with Gasteiger partial charge in [-0.25, -0.2) is 4.98 Å². The van der Waals surface area contributed by atoms with Crippen LogP contribution < -0.4 is 15.2 Å². The number of nitrogen functional groups attached to an aromatic ring is 1. The fourth-order valence-electron chi connectivity index (χ4n) is 3.99. The Bertz CT molecular complexity index is 1340. The molecule has 0 aliphatic heterocycles. The Morgan fingerprint density at radius 2 is 1.67 bits per heavy atom. The van der Waals surface area contributed by atoms with E-state index in [-0.39, 0.29) is 5.82 Å². The number of hydrogen-bond acceptors (Lipinski definition) is 5. The second-order valence-electron chi connectivity index (χ2n) is 7.83. The van der Waals surface area contributed by atoms with Crippen molar-refractivity contribution in [2.45, 2.75) is 20.5 Å². The highest BCUT2D eigenvalue weighted by Gasteiger charge is 2.20. The van der Waals surface area contributed by atoms with Crippen LogP contribution in [0.3, 0.4) is 0 Å². The van der Waals surface area contributed by atoms with E-state index in [0.717, 1.165) is 33.5 Å². The van der Waals surface area contributed by atoms with Gasteiger partial charge in [0.25, 0.3) is 0 Å². The molecule has 0 saturated carbocycles. The molecular formula is C28H25N3O2. The van der Waals surface area contributed by atoms with E-state index in [0.29, 0.717) is 23.7 Å². The third-order valence-electron chi connectivity index (χ3n) is 5.51. The lowest BCUT2D eigenvalue weighted by Gasteiger charge is -2.18. The maximum absolute atomic E-state index is 9.91. The summed E-state index contributed by atoms with van der Waals surface area (Å²) < 4.78 is 11.7. The molecule has 4 aromatic rings. The van der Waals surface area contributed by atoms with Crippen LogP contribution in [0.15, 0.2) is 72.8 Å². The van der Waals surface area contributed by atoms with Gasteiger partial charge in [0.1, 0.15) is 24.1 Å². The van der Waals surface area contributed by atoms with Crippen molar-refractivity contribution in [3.05, 3.63) is 95.2 Å². The van der Waals surface area contributed by atoms with E-state index < -0.39 is 0 Å². The number of benzene rings is 3. The summed E-state index contributed by atoms with van der Waals surface area (Å²) >= 11 is 0. The second-order valence-corrected chi connectivity index (χ2v) is 7.83. The molecule has 0 fully saturated rings. The topological polar surface area (TPSA) is 81.2 Å². The number of nitrogens with two attached hydrogens (primary N) is 1. The van der Waals surface area contributed by atoms with E-state index in [1.165, 1.54) is 5.56 Å². The SMILES string of the molecule is COc1cc(-c2c(C#N)c(N)nc(C)c2-c2ccccc2)ccc1OCc1cccc(C)c1. The number of hydrogen-bond donors (Lipinski definition) is 1. The number of nitriles is 1. The fraction of sp³-hybridized carbons (Fsp3) is 0.143. The van der Waals surface area contributed by atoms with Gasteiger partial charge in [0.15, 0.2) is 11.5 Å². The largest absolute Gasteiger partial charge is 0.493 e. The van der Waals surface area contributed by atoms with Crippen LogP contribution in [0.25, 0.3) is 22.3 Å².